The molecule has 1 aliphatic heterocycles. The maximum absolute atomic E-state index is 12.8. The van der Waals surface area contributed by atoms with E-state index < -0.39 is 0 Å². The third kappa shape index (κ3) is 3.05. The average molecular weight is 316 g/mol. The normalized spacial score (nSPS) is 18.5. The van der Waals surface area contributed by atoms with Gasteiger partial charge in [-0.15, -0.1) is 11.3 Å². The number of aryl methyl sites for hydroxylation is 2. The first-order valence-electron chi connectivity index (χ1n) is 7.61. The van der Waals surface area contributed by atoms with Crippen LogP contribution in [0.25, 0.3) is 0 Å². The second-order valence-corrected chi connectivity index (χ2v) is 6.59. The number of hydrogen-bond donors (Lipinski definition) is 0. The van der Waals surface area contributed by atoms with Gasteiger partial charge in [0, 0.05) is 6.54 Å². The van der Waals surface area contributed by atoms with Gasteiger partial charge < -0.3 is 9.64 Å². The van der Waals surface area contributed by atoms with Crippen molar-refractivity contribution in [3.05, 3.63) is 51.5 Å². The molecule has 0 aliphatic carbocycles. The van der Waals surface area contributed by atoms with E-state index in [-0.39, 0.29) is 12.0 Å². The Balaban J connectivity index is 1.78. The van der Waals surface area contributed by atoms with Crippen LogP contribution >= 0.6 is 11.3 Å². The third-order valence-corrected chi connectivity index (χ3v) is 4.86. The second-order valence-electron chi connectivity index (χ2n) is 5.38. The number of rotatable bonds is 3. The van der Waals surface area contributed by atoms with Gasteiger partial charge in [0.1, 0.15) is 11.0 Å². The maximum Gasteiger partial charge on any atom is 0.266 e. The highest BCUT2D eigenvalue weighted by molar-refractivity contribution is 7.13. The summed E-state index contributed by atoms with van der Waals surface area (Å²) in [5.41, 5.74) is 2.03. The number of carbonyl (C=O) groups is 1. The second kappa shape index (κ2) is 6.58. The molecule has 1 atom stereocenters. The van der Waals surface area contributed by atoms with Gasteiger partial charge in [0.25, 0.3) is 5.91 Å². The van der Waals surface area contributed by atoms with E-state index in [9.17, 15) is 4.79 Å². The number of carbonyl (C=O) groups excluding carboxylic acids is 1. The molecule has 1 fully saturated rings. The van der Waals surface area contributed by atoms with Gasteiger partial charge in [-0.05, 0) is 18.9 Å². The van der Waals surface area contributed by atoms with Crippen molar-refractivity contribution < 1.29 is 9.53 Å². The molecule has 0 saturated carbocycles. The van der Waals surface area contributed by atoms with E-state index in [0.717, 1.165) is 27.6 Å². The highest BCUT2D eigenvalue weighted by Crippen LogP contribution is 2.26. The summed E-state index contributed by atoms with van der Waals surface area (Å²) in [6.07, 6.45) is 0.746. The lowest BCUT2D eigenvalue weighted by Crippen LogP contribution is -2.42. The smallest absolute Gasteiger partial charge is 0.266 e. The summed E-state index contributed by atoms with van der Waals surface area (Å²) in [5.74, 6) is 0.0895. The van der Waals surface area contributed by atoms with E-state index >= 15 is 0 Å². The highest BCUT2D eigenvalue weighted by Gasteiger charge is 2.28. The van der Waals surface area contributed by atoms with Crippen LogP contribution in [0.2, 0.25) is 0 Å². The van der Waals surface area contributed by atoms with E-state index in [1.165, 1.54) is 11.3 Å². The van der Waals surface area contributed by atoms with Crippen LogP contribution in [0.4, 0.5) is 0 Å². The number of hydrogen-bond acceptors (Lipinski definition) is 4. The zero-order valence-corrected chi connectivity index (χ0v) is 13.7. The van der Waals surface area contributed by atoms with Crippen LogP contribution in [-0.2, 0) is 11.2 Å². The number of morpholine rings is 1. The molecule has 1 aliphatic rings. The largest absolute Gasteiger partial charge is 0.370 e. The number of amides is 1. The molecule has 1 aromatic heterocycles. The summed E-state index contributed by atoms with van der Waals surface area (Å²) >= 11 is 1.49. The fourth-order valence-corrected chi connectivity index (χ4v) is 3.70. The van der Waals surface area contributed by atoms with Gasteiger partial charge in [-0.1, -0.05) is 37.3 Å². The molecule has 22 heavy (non-hydrogen) atoms. The van der Waals surface area contributed by atoms with Crippen molar-refractivity contribution in [1.29, 1.82) is 0 Å². The lowest BCUT2D eigenvalue weighted by atomic mass is 10.1. The van der Waals surface area contributed by atoms with Crippen LogP contribution in [0.15, 0.2) is 30.3 Å². The summed E-state index contributed by atoms with van der Waals surface area (Å²) in [5, 5.41) is 0.952. The monoisotopic (exact) mass is 316 g/mol. The molecular weight excluding hydrogens is 296 g/mol. The van der Waals surface area contributed by atoms with Crippen molar-refractivity contribution in [2.75, 3.05) is 19.7 Å². The zero-order chi connectivity index (χ0) is 15.5. The quantitative estimate of drug-likeness (QED) is 0.873. The Bertz CT molecular complexity index is 654. The minimum atomic E-state index is -0.0435. The first-order chi connectivity index (χ1) is 10.7. The van der Waals surface area contributed by atoms with Gasteiger partial charge >= 0.3 is 0 Å². The summed E-state index contributed by atoms with van der Waals surface area (Å²) < 4.78 is 5.84. The zero-order valence-electron chi connectivity index (χ0n) is 12.9. The number of nitrogens with zero attached hydrogens (tertiary/aromatic N) is 2. The molecule has 4 nitrogen and oxygen atoms in total. The van der Waals surface area contributed by atoms with Crippen LogP contribution in [0, 0.1) is 6.92 Å². The molecule has 1 amide bonds. The Hall–Kier alpha value is -1.72. The predicted molar refractivity (Wildman–Crippen MR) is 87.3 cm³/mol. The molecule has 116 valence electrons. The molecule has 0 N–H and O–H groups in total. The summed E-state index contributed by atoms with van der Waals surface area (Å²) in [4.78, 5) is 20.0. The molecule has 3 rings (SSSR count). The van der Waals surface area contributed by atoms with Crippen molar-refractivity contribution in [1.82, 2.24) is 9.88 Å². The van der Waals surface area contributed by atoms with Crippen molar-refractivity contribution in [2.24, 2.45) is 0 Å². The lowest BCUT2D eigenvalue weighted by Gasteiger charge is -2.33. The molecule has 0 radical (unpaired) electrons. The van der Waals surface area contributed by atoms with Crippen molar-refractivity contribution >= 4 is 17.2 Å². The summed E-state index contributed by atoms with van der Waals surface area (Å²) in [6.45, 7) is 5.81. The summed E-state index contributed by atoms with van der Waals surface area (Å²) in [7, 11) is 0. The van der Waals surface area contributed by atoms with Crippen molar-refractivity contribution in [3.8, 4) is 0 Å². The van der Waals surface area contributed by atoms with Gasteiger partial charge in [0.05, 0.1) is 23.9 Å². The number of thiazole rings is 1. The molecule has 2 heterocycles. The van der Waals surface area contributed by atoms with E-state index in [1.807, 2.05) is 49.1 Å². The van der Waals surface area contributed by atoms with E-state index in [2.05, 4.69) is 4.98 Å². The van der Waals surface area contributed by atoms with Crippen molar-refractivity contribution in [2.45, 2.75) is 26.4 Å². The van der Waals surface area contributed by atoms with E-state index in [0.29, 0.717) is 19.7 Å². The molecular formula is C17H20N2O2S. The van der Waals surface area contributed by atoms with E-state index in [4.69, 9.17) is 4.74 Å². The van der Waals surface area contributed by atoms with Crippen LogP contribution in [-0.4, -0.2) is 35.5 Å². The van der Waals surface area contributed by atoms with Gasteiger partial charge in [-0.2, -0.15) is 0 Å². The predicted octanol–water partition coefficient (Wildman–Crippen LogP) is 3.23. The fraction of sp³-hybridized carbons (Fsp3) is 0.412. The SMILES string of the molecule is CCc1nc(C)sc1C(=O)N1CCOC(c2ccccc2)C1. The van der Waals surface area contributed by atoms with Gasteiger partial charge in [0.2, 0.25) is 0 Å². The van der Waals surface area contributed by atoms with Crippen molar-refractivity contribution in [3.63, 3.8) is 0 Å². The minimum absolute atomic E-state index is 0.0435. The average Bonchev–Trinajstić information content (AvgIpc) is 2.96. The molecule has 5 heteroatoms. The van der Waals surface area contributed by atoms with Gasteiger partial charge in [-0.3, -0.25) is 4.79 Å². The Morgan fingerprint density at radius 2 is 2.18 bits per heavy atom. The van der Waals surface area contributed by atoms with Gasteiger partial charge in [0.15, 0.2) is 0 Å². The molecule has 0 bridgehead atoms. The molecule has 0 spiro atoms. The van der Waals surface area contributed by atoms with Gasteiger partial charge in [-0.25, -0.2) is 4.98 Å². The van der Waals surface area contributed by atoms with Crippen LogP contribution in [0.5, 0.6) is 0 Å². The maximum atomic E-state index is 12.8. The standard InChI is InChI=1S/C17H20N2O2S/c1-3-14-16(22-12(2)18-14)17(20)19-9-10-21-15(11-19)13-7-5-4-6-8-13/h4-8,15H,3,9-11H2,1-2H3. The molecule has 1 saturated heterocycles. The Morgan fingerprint density at radius 1 is 1.41 bits per heavy atom. The van der Waals surface area contributed by atoms with Crippen LogP contribution in [0.3, 0.4) is 0 Å². The molecule has 1 aromatic carbocycles. The number of aromatic nitrogens is 1. The highest BCUT2D eigenvalue weighted by atomic mass is 32.1. The fourth-order valence-electron chi connectivity index (χ4n) is 2.72. The lowest BCUT2D eigenvalue weighted by molar-refractivity contribution is -0.0227. The minimum Gasteiger partial charge on any atom is -0.370 e. The topological polar surface area (TPSA) is 42.4 Å². The first kappa shape index (κ1) is 15.2. The Labute approximate surface area is 134 Å². The third-order valence-electron chi connectivity index (χ3n) is 3.86. The first-order valence-corrected chi connectivity index (χ1v) is 8.42. The Morgan fingerprint density at radius 3 is 2.91 bits per heavy atom. The number of ether oxygens (including phenoxy) is 1. The molecule has 2 aromatic rings. The van der Waals surface area contributed by atoms with Crippen LogP contribution in [0.1, 0.15) is 39.0 Å². The van der Waals surface area contributed by atoms with E-state index in [1.54, 1.807) is 0 Å². The molecule has 1 unspecified atom stereocenters. The summed E-state index contributed by atoms with van der Waals surface area (Å²) in [6, 6.07) is 10.1. The van der Waals surface area contributed by atoms with Crippen LogP contribution < -0.4 is 0 Å². The number of benzene rings is 1. The Kier molecular flexibility index (Phi) is 4.55.